The van der Waals surface area contributed by atoms with Gasteiger partial charge in [0, 0.05) is 43.6 Å². The number of allylic oxidation sites excluding steroid dienone is 1. The molecule has 1 aliphatic rings. The van der Waals surface area contributed by atoms with Crippen LogP contribution in [0.2, 0.25) is 0 Å². The van der Waals surface area contributed by atoms with Gasteiger partial charge in [0.05, 0.1) is 11.0 Å². The third-order valence-electron chi connectivity index (χ3n) is 9.67. The molecule has 46 heavy (non-hydrogen) atoms. The number of fused-ring (bicyclic) bond motifs is 10. The van der Waals surface area contributed by atoms with Gasteiger partial charge in [0.1, 0.15) is 22.0 Å². The van der Waals surface area contributed by atoms with Gasteiger partial charge >= 0.3 is 0 Å². The number of hydrogen-bond donors (Lipinski definition) is 0. The number of furan rings is 1. The van der Waals surface area contributed by atoms with Gasteiger partial charge in [0.2, 0.25) is 0 Å². The largest absolute Gasteiger partial charge is 0.456 e. The second-order valence-electron chi connectivity index (χ2n) is 12.2. The summed E-state index contributed by atoms with van der Waals surface area (Å²) in [5.41, 5.74) is 9.38. The van der Waals surface area contributed by atoms with E-state index in [1.54, 1.807) is 11.3 Å². The summed E-state index contributed by atoms with van der Waals surface area (Å²) in [6.07, 6.45) is 1.68. The van der Waals surface area contributed by atoms with Crippen LogP contribution in [-0.4, -0.2) is 10.4 Å². The zero-order chi connectivity index (χ0) is 30.4. The minimum atomic E-state index is 0.756. The Kier molecular flexibility index (Phi) is 5.49. The fourth-order valence-corrected chi connectivity index (χ4v) is 8.66. The van der Waals surface area contributed by atoms with Gasteiger partial charge in [-0.1, -0.05) is 97.4 Å². The van der Waals surface area contributed by atoms with Crippen molar-refractivity contribution in [2.45, 2.75) is 19.8 Å². The molecule has 1 aliphatic heterocycles. The number of aliphatic imine (C=N–C) groups is 1. The van der Waals surface area contributed by atoms with Crippen LogP contribution in [0.15, 0.2) is 142 Å². The van der Waals surface area contributed by atoms with Crippen molar-refractivity contribution in [2.24, 2.45) is 4.99 Å². The van der Waals surface area contributed by atoms with E-state index in [-0.39, 0.29) is 0 Å². The van der Waals surface area contributed by atoms with Crippen molar-refractivity contribution in [3.8, 4) is 0 Å². The normalized spacial score (nSPS) is 13.8. The van der Waals surface area contributed by atoms with Crippen molar-refractivity contribution in [1.82, 2.24) is 4.57 Å². The summed E-state index contributed by atoms with van der Waals surface area (Å²) in [7, 11) is 0. The predicted octanol–water partition coefficient (Wildman–Crippen LogP) is 12.3. The highest BCUT2D eigenvalue weighted by Crippen LogP contribution is 2.49. The molecule has 0 aliphatic carbocycles. The Morgan fingerprint density at radius 2 is 1.37 bits per heavy atom. The summed E-state index contributed by atoms with van der Waals surface area (Å²) >= 11 is 1.79. The molecule has 0 unspecified atom stereocenters. The first-order valence-electron chi connectivity index (χ1n) is 15.9. The van der Waals surface area contributed by atoms with E-state index in [1.807, 2.05) is 6.07 Å². The number of hydrogen-bond acceptors (Lipinski definition) is 3. The fourth-order valence-electron chi connectivity index (χ4n) is 7.56. The smallest absolute Gasteiger partial charge is 0.135 e. The molecule has 218 valence electrons. The molecule has 4 heterocycles. The first-order valence-corrected chi connectivity index (χ1v) is 16.7. The van der Waals surface area contributed by atoms with Gasteiger partial charge in [-0.2, -0.15) is 0 Å². The van der Waals surface area contributed by atoms with Crippen LogP contribution in [-0.2, 0) is 0 Å². The molecule has 9 aromatic rings. The monoisotopic (exact) mass is 608 g/mol. The molecular formula is C42H28N2OS. The quantitative estimate of drug-likeness (QED) is 0.192. The minimum Gasteiger partial charge on any atom is -0.456 e. The summed E-state index contributed by atoms with van der Waals surface area (Å²) in [6.45, 7) is 2.29. The summed E-state index contributed by atoms with van der Waals surface area (Å²) in [5.74, 6) is 1.07. The number of aromatic nitrogens is 1. The van der Waals surface area contributed by atoms with Crippen LogP contribution >= 0.6 is 11.3 Å². The molecular weight excluding hydrogens is 581 g/mol. The molecule has 0 saturated heterocycles. The first-order chi connectivity index (χ1) is 22.7. The zero-order valence-electron chi connectivity index (χ0n) is 25.2. The van der Waals surface area contributed by atoms with Gasteiger partial charge in [0.25, 0.3) is 0 Å². The number of nitrogens with zero attached hydrogens (tertiary/aromatic N) is 2. The van der Waals surface area contributed by atoms with Crippen molar-refractivity contribution < 1.29 is 4.42 Å². The second-order valence-corrected chi connectivity index (χ2v) is 13.2. The highest BCUT2D eigenvalue weighted by molar-refractivity contribution is 7.23. The van der Waals surface area contributed by atoms with Gasteiger partial charge in [0.15, 0.2) is 0 Å². The van der Waals surface area contributed by atoms with Crippen molar-refractivity contribution in [2.75, 3.05) is 0 Å². The maximum atomic E-state index is 6.24. The molecule has 3 aromatic heterocycles. The highest BCUT2D eigenvalue weighted by atomic mass is 32.1. The lowest BCUT2D eigenvalue weighted by molar-refractivity contribution is 0.669. The average Bonchev–Trinajstić information content (AvgIpc) is 3.72. The molecule has 6 aromatic carbocycles. The Labute approximate surface area is 269 Å². The SMILES string of the molecule is CCC1=C(c2ccc3oc4ccccc4c3c2)c2c(sc3ccccc23)N=C(n2c3ccccc3c3cc4ccccc4cc32)C1. The molecule has 0 spiro atoms. The summed E-state index contributed by atoms with van der Waals surface area (Å²) in [5, 5.41) is 9.64. The van der Waals surface area contributed by atoms with Crippen molar-refractivity contribution in [1.29, 1.82) is 0 Å². The molecule has 4 heteroatoms. The fraction of sp³-hybridized carbons (Fsp3) is 0.0714. The Bertz CT molecular complexity index is 2770. The topological polar surface area (TPSA) is 30.4 Å². The van der Waals surface area contributed by atoms with Gasteiger partial charge in [-0.25, -0.2) is 4.99 Å². The molecule has 3 nitrogen and oxygen atoms in total. The Morgan fingerprint density at radius 3 is 2.24 bits per heavy atom. The van der Waals surface area contributed by atoms with E-state index >= 15 is 0 Å². The van der Waals surface area contributed by atoms with Crippen molar-refractivity contribution in [3.05, 3.63) is 144 Å². The third-order valence-corrected chi connectivity index (χ3v) is 10.7. The van der Waals surface area contributed by atoms with Crippen LogP contribution in [0.25, 0.3) is 70.2 Å². The van der Waals surface area contributed by atoms with Gasteiger partial charge in [-0.15, -0.1) is 11.3 Å². The maximum absolute atomic E-state index is 6.24. The van der Waals surface area contributed by atoms with Crippen LogP contribution in [0.5, 0.6) is 0 Å². The van der Waals surface area contributed by atoms with E-state index in [0.717, 1.165) is 45.6 Å². The molecule has 0 radical (unpaired) electrons. The van der Waals surface area contributed by atoms with Crippen LogP contribution in [0.1, 0.15) is 30.9 Å². The Hall–Kier alpha value is -5.45. The average molecular weight is 609 g/mol. The molecule has 0 N–H and O–H groups in total. The van der Waals surface area contributed by atoms with Crippen molar-refractivity contribution >= 4 is 92.3 Å². The number of para-hydroxylation sites is 2. The van der Waals surface area contributed by atoms with E-state index in [2.05, 4.69) is 133 Å². The van der Waals surface area contributed by atoms with Crippen LogP contribution < -0.4 is 0 Å². The molecule has 10 rings (SSSR count). The zero-order valence-corrected chi connectivity index (χ0v) is 26.1. The second kappa shape index (κ2) is 9.77. The van der Waals surface area contributed by atoms with Crippen LogP contribution in [0.4, 0.5) is 5.00 Å². The lowest BCUT2D eigenvalue weighted by Crippen LogP contribution is -2.12. The standard InChI is InChI=1S/C42H28N2OS/c1-2-25-24-39(44-34-16-8-5-13-29(34)32-21-26-11-3-4-12-27(26)23-35(32)44)43-42-41(31-15-7-10-18-38(31)46-42)40(25)28-19-20-37-33(22-28)30-14-6-9-17-36(30)45-37/h3-23H,2,24H2,1H3. The summed E-state index contributed by atoms with van der Waals surface area (Å²) < 4.78 is 9.92. The Morgan fingerprint density at radius 1 is 0.652 bits per heavy atom. The van der Waals surface area contributed by atoms with Crippen molar-refractivity contribution in [3.63, 3.8) is 0 Å². The Balaban J connectivity index is 1.29. The van der Waals surface area contributed by atoms with Crippen LogP contribution in [0, 0.1) is 0 Å². The van der Waals surface area contributed by atoms with E-state index in [0.29, 0.717) is 0 Å². The molecule has 0 saturated carbocycles. The van der Waals surface area contributed by atoms with E-state index in [4.69, 9.17) is 9.41 Å². The summed E-state index contributed by atoms with van der Waals surface area (Å²) in [4.78, 5) is 5.61. The molecule has 0 bridgehead atoms. The van der Waals surface area contributed by atoms with E-state index in [1.165, 1.54) is 64.9 Å². The lowest BCUT2D eigenvalue weighted by atomic mass is 9.89. The van der Waals surface area contributed by atoms with Gasteiger partial charge in [-0.05, 0) is 70.8 Å². The van der Waals surface area contributed by atoms with Gasteiger partial charge < -0.3 is 4.42 Å². The molecule has 0 amide bonds. The molecule has 0 fully saturated rings. The van der Waals surface area contributed by atoms with E-state index in [9.17, 15) is 0 Å². The minimum absolute atomic E-state index is 0.756. The predicted molar refractivity (Wildman–Crippen MR) is 196 cm³/mol. The highest BCUT2D eigenvalue weighted by Gasteiger charge is 2.27. The number of rotatable bonds is 2. The third kappa shape index (κ3) is 3.68. The lowest BCUT2D eigenvalue weighted by Gasteiger charge is -2.16. The molecule has 0 atom stereocenters. The number of benzene rings is 6. The van der Waals surface area contributed by atoms with E-state index < -0.39 is 0 Å². The maximum Gasteiger partial charge on any atom is 0.135 e. The number of thiophene rings is 1. The first kappa shape index (κ1) is 25.8. The van der Waals surface area contributed by atoms with Crippen LogP contribution in [0.3, 0.4) is 0 Å². The summed E-state index contributed by atoms with van der Waals surface area (Å²) in [6, 6.07) is 46.0. The van der Waals surface area contributed by atoms with Gasteiger partial charge in [-0.3, -0.25) is 4.57 Å².